The van der Waals surface area contributed by atoms with Gasteiger partial charge in [-0.05, 0) is 36.5 Å². The number of carbonyl (C=O) groups is 3. The Morgan fingerprint density at radius 3 is 2.42 bits per heavy atom. The van der Waals surface area contributed by atoms with Crippen LogP contribution in [0.15, 0.2) is 18.2 Å². The number of piperidine rings is 1. The van der Waals surface area contributed by atoms with Crippen molar-refractivity contribution >= 4 is 23.7 Å². The third kappa shape index (κ3) is 3.06. The summed E-state index contributed by atoms with van der Waals surface area (Å²) in [6, 6.07) is 5.29. The van der Waals surface area contributed by atoms with Gasteiger partial charge in [0.25, 0.3) is 0 Å². The summed E-state index contributed by atoms with van der Waals surface area (Å²) >= 11 is 0. The van der Waals surface area contributed by atoms with Crippen LogP contribution in [-0.4, -0.2) is 52.7 Å². The van der Waals surface area contributed by atoms with Crippen molar-refractivity contribution in [3.63, 3.8) is 0 Å². The molecule has 1 fully saturated rings. The summed E-state index contributed by atoms with van der Waals surface area (Å²) in [6.45, 7) is 1.41. The Labute approximate surface area is 139 Å². The van der Waals surface area contributed by atoms with E-state index in [2.05, 4.69) is 0 Å². The van der Waals surface area contributed by atoms with Crippen molar-refractivity contribution in [2.75, 3.05) is 24.5 Å². The van der Waals surface area contributed by atoms with Gasteiger partial charge in [0, 0.05) is 25.3 Å². The SMILES string of the molecule is O=C(O)Cc1cccc2c1CCN2C(=O)N1CCC(C(=O)O)CC1. The minimum absolute atomic E-state index is 0.0464. The summed E-state index contributed by atoms with van der Waals surface area (Å²) in [6.07, 6.45) is 1.55. The van der Waals surface area contributed by atoms with Gasteiger partial charge < -0.3 is 15.1 Å². The average Bonchev–Trinajstić information content (AvgIpc) is 2.99. The molecular weight excluding hydrogens is 312 g/mol. The molecule has 2 aliphatic rings. The lowest BCUT2D eigenvalue weighted by Gasteiger charge is -2.33. The molecule has 0 spiro atoms. The molecule has 2 amide bonds. The monoisotopic (exact) mass is 332 g/mol. The molecule has 0 bridgehead atoms. The number of aliphatic carboxylic acids is 2. The first-order valence-corrected chi connectivity index (χ1v) is 8.09. The van der Waals surface area contributed by atoms with Crippen molar-refractivity contribution in [1.29, 1.82) is 0 Å². The number of urea groups is 1. The molecule has 128 valence electrons. The number of likely N-dealkylation sites (tertiary alicyclic amines) is 1. The van der Waals surface area contributed by atoms with Crippen molar-refractivity contribution in [1.82, 2.24) is 4.90 Å². The van der Waals surface area contributed by atoms with E-state index in [0.717, 1.165) is 16.8 Å². The third-order valence-corrected chi connectivity index (χ3v) is 4.81. The first-order valence-electron chi connectivity index (χ1n) is 8.09. The van der Waals surface area contributed by atoms with Gasteiger partial charge in [-0.3, -0.25) is 14.5 Å². The molecule has 1 aromatic rings. The molecule has 24 heavy (non-hydrogen) atoms. The zero-order chi connectivity index (χ0) is 17.3. The van der Waals surface area contributed by atoms with E-state index in [-0.39, 0.29) is 18.4 Å². The van der Waals surface area contributed by atoms with Gasteiger partial charge in [0.1, 0.15) is 0 Å². The summed E-state index contributed by atoms with van der Waals surface area (Å²) < 4.78 is 0. The second-order valence-corrected chi connectivity index (χ2v) is 6.27. The van der Waals surface area contributed by atoms with Crippen LogP contribution in [0, 0.1) is 5.92 Å². The van der Waals surface area contributed by atoms with Crippen molar-refractivity contribution in [3.05, 3.63) is 29.3 Å². The van der Waals surface area contributed by atoms with Crippen LogP contribution in [0.5, 0.6) is 0 Å². The molecule has 2 N–H and O–H groups in total. The molecule has 0 unspecified atom stereocenters. The summed E-state index contributed by atoms with van der Waals surface area (Å²) in [5, 5.41) is 18.1. The highest BCUT2D eigenvalue weighted by Crippen LogP contribution is 2.32. The maximum atomic E-state index is 12.8. The standard InChI is InChI=1S/C17H20N2O5/c20-15(21)10-12-2-1-3-14-13(12)6-9-19(14)17(24)18-7-4-11(5-8-18)16(22)23/h1-3,11H,4-10H2,(H,20,21)(H,22,23). The normalized spacial score (nSPS) is 17.7. The molecule has 2 heterocycles. The van der Waals surface area contributed by atoms with E-state index >= 15 is 0 Å². The quantitative estimate of drug-likeness (QED) is 0.876. The predicted molar refractivity (Wildman–Crippen MR) is 86.2 cm³/mol. The maximum absolute atomic E-state index is 12.8. The van der Waals surface area contributed by atoms with Crippen molar-refractivity contribution in [3.8, 4) is 0 Å². The Morgan fingerprint density at radius 2 is 1.79 bits per heavy atom. The van der Waals surface area contributed by atoms with E-state index in [9.17, 15) is 14.4 Å². The molecular formula is C17H20N2O5. The number of hydrogen-bond donors (Lipinski definition) is 2. The van der Waals surface area contributed by atoms with Crippen LogP contribution < -0.4 is 4.90 Å². The van der Waals surface area contributed by atoms with Gasteiger partial charge in [0.05, 0.1) is 12.3 Å². The molecule has 0 saturated carbocycles. The number of hydrogen-bond acceptors (Lipinski definition) is 3. The number of fused-ring (bicyclic) bond motifs is 1. The number of amides is 2. The number of carbonyl (C=O) groups excluding carboxylic acids is 1. The van der Waals surface area contributed by atoms with Crippen LogP contribution in [0.4, 0.5) is 10.5 Å². The van der Waals surface area contributed by atoms with Crippen molar-refractivity contribution < 1.29 is 24.6 Å². The predicted octanol–water partition coefficient (Wildman–Crippen LogP) is 1.59. The minimum atomic E-state index is -0.885. The Bertz CT molecular complexity index is 680. The highest BCUT2D eigenvalue weighted by atomic mass is 16.4. The van der Waals surface area contributed by atoms with Gasteiger partial charge in [0.2, 0.25) is 0 Å². The number of carboxylic acid groups (broad SMARTS) is 2. The molecule has 7 heteroatoms. The summed E-state index contributed by atoms with van der Waals surface area (Å²) in [5.74, 6) is -2.06. The number of anilines is 1. The fourth-order valence-electron chi connectivity index (χ4n) is 3.52. The maximum Gasteiger partial charge on any atom is 0.324 e. The van der Waals surface area contributed by atoms with Crippen LogP contribution in [0.2, 0.25) is 0 Å². The fraction of sp³-hybridized carbons (Fsp3) is 0.471. The van der Waals surface area contributed by atoms with E-state index < -0.39 is 11.9 Å². The summed E-state index contributed by atoms with van der Waals surface area (Å²) in [5.41, 5.74) is 2.45. The Balaban J connectivity index is 1.73. The van der Waals surface area contributed by atoms with Crippen LogP contribution in [0.3, 0.4) is 0 Å². The van der Waals surface area contributed by atoms with Gasteiger partial charge in [-0.15, -0.1) is 0 Å². The van der Waals surface area contributed by atoms with Gasteiger partial charge in [-0.1, -0.05) is 12.1 Å². The molecule has 1 aromatic carbocycles. The van der Waals surface area contributed by atoms with Crippen molar-refractivity contribution in [2.45, 2.75) is 25.7 Å². The molecule has 2 aliphatic heterocycles. The zero-order valence-corrected chi connectivity index (χ0v) is 13.3. The zero-order valence-electron chi connectivity index (χ0n) is 13.3. The van der Waals surface area contributed by atoms with E-state index in [0.29, 0.717) is 38.9 Å². The highest BCUT2D eigenvalue weighted by Gasteiger charge is 2.33. The molecule has 0 aromatic heterocycles. The van der Waals surface area contributed by atoms with Crippen LogP contribution in [0.1, 0.15) is 24.0 Å². The van der Waals surface area contributed by atoms with E-state index in [1.54, 1.807) is 21.9 Å². The van der Waals surface area contributed by atoms with Crippen molar-refractivity contribution in [2.24, 2.45) is 5.92 Å². The van der Waals surface area contributed by atoms with Gasteiger partial charge in [-0.25, -0.2) is 4.79 Å². The second-order valence-electron chi connectivity index (χ2n) is 6.27. The molecule has 0 aliphatic carbocycles. The largest absolute Gasteiger partial charge is 0.481 e. The van der Waals surface area contributed by atoms with E-state index in [1.807, 2.05) is 6.07 Å². The van der Waals surface area contributed by atoms with Gasteiger partial charge >= 0.3 is 18.0 Å². The van der Waals surface area contributed by atoms with Crippen LogP contribution >= 0.6 is 0 Å². The lowest BCUT2D eigenvalue weighted by atomic mass is 9.97. The molecule has 0 radical (unpaired) electrons. The lowest BCUT2D eigenvalue weighted by molar-refractivity contribution is -0.143. The Morgan fingerprint density at radius 1 is 1.08 bits per heavy atom. The number of carboxylic acids is 2. The molecule has 7 nitrogen and oxygen atoms in total. The van der Waals surface area contributed by atoms with Gasteiger partial charge in [-0.2, -0.15) is 0 Å². The number of benzene rings is 1. The average molecular weight is 332 g/mol. The minimum Gasteiger partial charge on any atom is -0.481 e. The van der Waals surface area contributed by atoms with Crippen LogP contribution in [-0.2, 0) is 22.4 Å². The third-order valence-electron chi connectivity index (χ3n) is 4.81. The first kappa shape index (κ1) is 16.3. The molecule has 3 rings (SSSR count). The number of rotatable bonds is 3. The first-order chi connectivity index (χ1) is 11.5. The number of nitrogens with zero attached hydrogens (tertiary/aromatic N) is 2. The topological polar surface area (TPSA) is 98.2 Å². The van der Waals surface area contributed by atoms with E-state index in [1.165, 1.54) is 0 Å². The summed E-state index contributed by atoms with van der Waals surface area (Å²) in [7, 11) is 0. The highest BCUT2D eigenvalue weighted by molar-refractivity contribution is 5.95. The van der Waals surface area contributed by atoms with E-state index in [4.69, 9.17) is 10.2 Å². The second kappa shape index (κ2) is 6.51. The molecule has 1 saturated heterocycles. The molecule has 0 atom stereocenters. The Kier molecular flexibility index (Phi) is 4.42. The Hall–Kier alpha value is -2.57. The lowest BCUT2D eigenvalue weighted by Crippen LogP contribution is -2.47. The smallest absolute Gasteiger partial charge is 0.324 e. The van der Waals surface area contributed by atoms with Gasteiger partial charge in [0.15, 0.2) is 0 Å². The van der Waals surface area contributed by atoms with Crippen LogP contribution in [0.25, 0.3) is 0 Å². The summed E-state index contributed by atoms with van der Waals surface area (Å²) in [4.78, 5) is 38.1. The fourth-order valence-corrected chi connectivity index (χ4v) is 3.52.